The molecule has 234 valence electrons. The molecule has 1 saturated heterocycles. The highest BCUT2D eigenvalue weighted by molar-refractivity contribution is 7.66. The summed E-state index contributed by atoms with van der Waals surface area (Å²) in [6, 6.07) is 11.3. The predicted molar refractivity (Wildman–Crippen MR) is 144 cm³/mol. The van der Waals surface area contributed by atoms with Gasteiger partial charge in [-0.15, -0.1) is 0 Å². The second-order valence-electron chi connectivity index (χ2n) is 9.02. The molecule has 0 saturated carbocycles. The van der Waals surface area contributed by atoms with Crippen molar-refractivity contribution >= 4 is 29.2 Å². The van der Waals surface area contributed by atoms with Gasteiger partial charge in [0.15, 0.2) is 6.23 Å². The number of hydrogen-bond acceptors (Lipinski definition) is 13. The van der Waals surface area contributed by atoms with Crippen LogP contribution in [0.4, 0.5) is 5.69 Å². The number of anilines is 1. The van der Waals surface area contributed by atoms with E-state index in [-0.39, 0.29) is 6.54 Å². The van der Waals surface area contributed by atoms with Crippen molar-refractivity contribution in [1.29, 1.82) is 0 Å². The van der Waals surface area contributed by atoms with Crippen molar-refractivity contribution in [3.8, 4) is 11.1 Å². The number of rotatable bonds is 11. The summed E-state index contributed by atoms with van der Waals surface area (Å²) >= 11 is 0. The summed E-state index contributed by atoms with van der Waals surface area (Å²) in [5.41, 5.74) is 6.44. The number of aromatic nitrogens is 3. The molecule has 1 fully saturated rings. The van der Waals surface area contributed by atoms with E-state index in [0.717, 1.165) is 32.5 Å². The van der Waals surface area contributed by atoms with Crippen molar-refractivity contribution in [2.45, 2.75) is 31.1 Å². The zero-order chi connectivity index (χ0) is 31.7. The van der Waals surface area contributed by atoms with Gasteiger partial charge < -0.3 is 40.3 Å². The van der Waals surface area contributed by atoms with Crippen LogP contribution >= 0.6 is 23.5 Å². The van der Waals surface area contributed by atoms with Crippen molar-refractivity contribution in [2.75, 3.05) is 12.3 Å². The molecule has 3 heterocycles. The van der Waals surface area contributed by atoms with Gasteiger partial charge >= 0.3 is 29.2 Å². The number of benzene rings is 1. The van der Waals surface area contributed by atoms with E-state index in [1.54, 1.807) is 36.4 Å². The lowest BCUT2D eigenvalue weighted by Crippen LogP contribution is -2.43. The van der Waals surface area contributed by atoms with Crippen LogP contribution in [0, 0.1) is 0 Å². The van der Waals surface area contributed by atoms with Gasteiger partial charge in [0.1, 0.15) is 18.3 Å². The number of phosphoric ester groups is 1. The SMILES string of the molecule is Nc1ccc(-c2ccnc(Cn3c(=O)ccn([C@@H]4O[C@H](COP(=O)(O)OP(=O)(O)OP(=O)(O)O)C(O)C4O)c3=O)c2)cc1. The molecule has 22 heteroatoms. The molecular weight excluding hydrogens is 641 g/mol. The summed E-state index contributed by atoms with van der Waals surface area (Å²) < 4.78 is 52.8. The summed E-state index contributed by atoms with van der Waals surface area (Å²) in [5.74, 6) is 0. The largest absolute Gasteiger partial charge is 0.490 e. The van der Waals surface area contributed by atoms with E-state index in [2.05, 4.69) is 18.1 Å². The normalized spacial score (nSPS) is 23.5. The fraction of sp³-hybridized carbons (Fsp3) is 0.286. The molecule has 19 nitrogen and oxygen atoms in total. The third kappa shape index (κ3) is 8.41. The summed E-state index contributed by atoms with van der Waals surface area (Å²) in [6.45, 7) is -1.38. The number of phosphoric acid groups is 3. The van der Waals surface area contributed by atoms with Crippen LogP contribution in [0.5, 0.6) is 0 Å². The second-order valence-corrected chi connectivity index (χ2v) is 13.4. The molecule has 1 aliphatic rings. The van der Waals surface area contributed by atoms with Crippen LogP contribution in [0.15, 0.2) is 64.4 Å². The van der Waals surface area contributed by atoms with Gasteiger partial charge in [-0.3, -0.25) is 23.4 Å². The maximum absolute atomic E-state index is 13.3. The summed E-state index contributed by atoms with van der Waals surface area (Å²) in [6.07, 6.45) is -4.51. The van der Waals surface area contributed by atoms with E-state index < -0.39 is 65.9 Å². The number of nitrogens with two attached hydrogens (primary N) is 1. The first-order chi connectivity index (χ1) is 19.9. The van der Waals surface area contributed by atoms with Gasteiger partial charge in [-0.1, -0.05) is 12.1 Å². The third-order valence-electron chi connectivity index (χ3n) is 5.91. The van der Waals surface area contributed by atoms with Crippen molar-refractivity contribution in [3.05, 3.63) is 81.4 Å². The molecule has 43 heavy (non-hydrogen) atoms. The lowest BCUT2D eigenvalue weighted by molar-refractivity contribution is -0.0547. The maximum Gasteiger partial charge on any atom is 0.490 e. The number of aliphatic hydroxyl groups is 2. The fourth-order valence-corrected chi connectivity index (χ4v) is 7.05. The zero-order valence-electron chi connectivity index (χ0n) is 21.5. The van der Waals surface area contributed by atoms with Gasteiger partial charge in [-0.05, 0) is 35.4 Å². The molecule has 2 aromatic heterocycles. The fourth-order valence-electron chi connectivity index (χ4n) is 4.02. The maximum atomic E-state index is 13.3. The van der Waals surface area contributed by atoms with E-state index in [1.807, 2.05) is 0 Å². The minimum atomic E-state index is -5.79. The van der Waals surface area contributed by atoms with Gasteiger partial charge in [0.05, 0.1) is 18.8 Å². The third-order valence-corrected chi connectivity index (χ3v) is 9.71. The number of hydrogen-bond donors (Lipinski definition) is 7. The lowest BCUT2D eigenvalue weighted by atomic mass is 10.1. The Balaban J connectivity index is 1.50. The lowest BCUT2D eigenvalue weighted by Gasteiger charge is -2.19. The van der Waals surface area contributed by atoms with E-state index in [1.165, 1.54) is 6.20 Å². The van der Waals surface area contributed by atoms with Gasteiger partial charge in [0, 0.05) is 24.1 Å². The van der Waals surface area contributed by atoms with Crippen LogP contribution in [0.3, 0.4) is 0 Å². The van der Waals surface area contributed by atoms with Crippen LogP contribution in [-0.2, 0) is 38.1 Å². The average Bonchev–Trinajstić information content (AvgIpc) is 3.17. The smallest absolute Gasteiger partial charge is 0.399 e. The van der Waals surface area contributed by atoms with Crippen LogP contribution in [0.2, 0.25) is 0 Å². The monoisotopic (exact) mass is 666 g/mol. The Morgan fingerprint density at radius 1 is 0.907 bits per heavy atom. The van der Waals surface area contributed by atoms with Crippen LogP contribution in [0.25, 0.3) is 11.1 Å². The van der Waals surface area contributed by atoms with E-state index in [4.69, 9.17) is 20.3 Å². The Kier molecular flexibility index (Phi) is 9.71. The van der Waals surface area contributed by atoms with E-state index in [9.17, 15) is 43.3 Å². The van der Waals surface area contributed by atoms with Gasteiger partial charge in [-0.25, -0.2) is 18.5 Å². The molecule has 0 aliphatic carbocycles. The Morgan fingerprint density at radius 2 is 1.58 bits per heavy atom. The molecule has 4 rings (SSSR count). The highest BCUT2D eigenvalue weighted by Crippen LogP contribution is 2.66. The van der Waals surface area contributed by atoms with Gasteiger partial charge in [-0.2, -0.15) is 8.62 Å². The first-order valence-electron chi connectivity index (χ1n) is 11.9. The van der Waals surface area contributed by atoms with E-state index in [0.29, 0.717) is 11.4 Å². The molecule has 0 spiro atoms. The number of nitrogens with zero attached hydrogens (tertiary/aromatic N) is 3. The zero-order valence-corrected chi connectivity index (χ0v) is 24.2. The molecule has 8 N–H and O–H groups in total. The second kappa shape index (κ2) is 12.6. The molecule has 0 radical (unpaired) electrons. The summed E-state index contributed by atoms with van der Waals surface area (Å²) in [7, 11) is -17.0. The summed E-state index contributed by atoms with van der Waals surface area (Å²) in [5, 5.41) is 20.9. The molecule has 3 aromatic rings. The Hall–Kier alpha value is -2.86. The molecule has 6 atom stereocenters. The van der Waals surface area contributed by atoms with Crippen molar-refractivity contribution in [3.63, 3.8) is 0 Å². The van der Waals surface area contributed by atoms with E-state index >= 15 is 0 Å². The molecule has 4 unspecified atom stereocenters. The first-order valence-corrected chi connectivity index (χ1v) is 16.4. The number of nitrogen functional groups attached to an aromatic ring is 1. The molecular formula is C21H25N4O15P3. The van der Waals surface area contributed by atoms with Crippen molar-refractivity contribution in [2.24, 2.45) is 0 Å². The standard InChI is InChI=1S/C21H25N4O15P3/c22-14-3-1-12(2-4-14)13-5-7-23-15(9-13)10-25-17(26)6-8-24(21(25)29)20-19(28)18(27)16(38-20)11-37-42(33,34)40-43(35,36)39-41(30,31)32/h1-9,16,18-20,27-28H,10-11,22H2,(H,33,34)(H,35,36)(H2,30,31,32)/t16-,18?,19?,20-/m1/s1. The van der Waals surface area contributed by atoms with Crippen LogP contribution in [0.1, 0.15) is 11.9 Å². The number of ether oxygens (including phenoxy) is 1. The van der Waals surface area contributed by atoms with Gasteiger partial charge in [0.25, 0.3) is 5.56 Å². The molecule has 0 amide bonds. The topological polar surface area (TPSA) is 292 Å². The highest BCUT2D eigenvalue weighted by Gasteiger charge is 2.47. The molecule has 1 aromatic carbocycles. The molecule has 0 bridgehead atoms. The Labute approximate surface area is 240 Å². The minimum Gasteiger partial charge on any atom is -0.399 e. The van der Waals surface area contributed by atoms with Crippen LogP contribution < -0.4 is 17.0 Å². The Morgan fingerprint density at radius 3 is 2.23 bits per heavy atom. The van der Waals surface area contributed by atoms with Crippen molar-refractivity contribution in [1.82, 2.24) is 14.1 Å². The number of aliphatic hydroxyl groups excluding tert-OH is 2. The van der Waals surface area contributed by atoms with Crippen molar-refractivity contribution < 1.29 is 61.4 Å². The summed E-state index contributed by atoms with van der Waals surface area (Å²) in [4.78, 5) is 66.1. The van der Waals surface area contributed by atoms with Gasteiger partial charge in [0.2, 0.25) is 0 Å². The highest BCUT2D eigenvalue weighted by atomic mass is 31.3. The molecule has 1 aliphatic heterocycles. The first kappa shape index (κ1) is 33.0. The average molecular weight is 666 g/mol. The number of pyridine rings is 1. The minimum absolute atomic E-state index is 0.290. The predicted octanol–water partition coefficient (Wildman–Crippen LogP) is -0.335. The Bertz CT molecular complexity index is 1740. The quantitative estimate of drug-likeness (QED) is 0.102. The van der Waals surface area contributed by atoms with Crippen LogP contribution in [-0.4, -0.2) is 68.8 Å².